The third-order valence-electron chi connectivity index (χ3n) is 2.03. The Labute approximate surface area is 53.5 Å². The van der Waals surface area contributed by atoms with E-state index >= 15 is 0 Å². The second-order valence-electron chi connectivity index (χ2n) is 2.73. The maximum absolute atomic E-state index is 11.0. The van der Waals surface area contributed by atoms with Crippen LogP contribution in [0.4, 0.5) is 0 Å². The van der Waals surface area contributed by atoms with Crippen LogP contribution in [0.2, 0.25) is 0 Å². The lowest BCUT2D eigenvalue weighted by molar-refractivity contribution is -0.191. The molecular weight excluding hydrogens is 118 g/mol. The van der Waals surface area contributed by atoms with Gasteiger partial charge in [0.1, 0.15) is 0 Å². The molecule has 1 aliphatic heterocycles. The number of fused-ring (bicyclic) bond motifs is 1. The third kappa shape index (κ3) is 0.645. The van der Waals surface area contributed by atoms with Crippen LogP contribution in [0, 0.1) is 11.8 Å². The van der Waals surface area contributed by atoms with Crippen LogP contribution in [0.1, 0.15) is 6.42 Å². The predicted octanol–water partition coefficient (Wildman–Crippen LogP) is 0.0261. The Hall–Kier alpha value is -0.570. The first-order chi connectivity index (χ1) is 4.29. The SMILES string of the molecule is CN1OCC2CC2C1=O. The normalized spacial score (nSPS) is 40.6. The zero-order valence-corrected chi connectivity index (χ0v) is 5.33. The van der Waals surface area contributed by atoms with Crippen LogP contribution < -0.4 is 0 Å². The van der Waals surface area contributed by atoms with E-state index in [1.54, 1.807) is 7.05 Å². The number of rotatable bonds is 0. The Kier molecular flexibility index (Phi) is 0.858. The van der Waals surface area contributed by atoms with Crippen molar-refractivity contribution < 1.29 is 9.63 Å². The molecule has 2 unspecified atom stereocenters. The molecule has 2 aliphatic rings. The number of nitrogens with zero attached hydrogens (tertiary/aromatic N) is 1. The van der Waals surface area contributed by atoms with Crippen molar-refractivity contribution >= 4 is 5.91 Å². The molecule has 1 amide bonds. The molecule has 1 saturated carbocycles. The quantitative estimate of drug-likeness (QED) is 0.459. The lowest BCUT2D eigenvalue weighted by Gasteiger charge is -2.20. The van der Waals surface area contributed by atoms with Crippen molar-refractivity contribution in [3.8, 4) is 0 Å². The highest BCUT2D eigenvalue weighted by Gasteiger charge is 2.48. The molecule has 1 heterocycles. The molecule has 1 saturated heterocycles. The molecule has 2 atom stereocenters. The molecule has 0 bridgehead atoms. The van der Waals surface area contributed by atoms with E-state index in [1.165, 1.54) is 5.06 Å². The van der Waals surface area contributed by atoms with Gasteiger partial charge in [0.15, 0.2) is 0 Å². The van der Waals surface area contributed by atoms with Crippen LogP contribution in [0.25, 0.3) is 0 Å². The molecule has 3 heteroatoms. The highest BCUT2D eigenvalue weighted by Crippen LogP contribution is 2.42. The first-order valence-corrected chi connectivity index (χ1v) is 3.19. The van der Waals surface area contributed by atoms with Gasteiger partial charge in [-0.05, 0) is 12.3 Å². The first kappa shape index (κ1) is 5.23. The zero-order chi connectivity index (χ0) is 6.43. The van der Waals surface area contributed by atoms with Gasteiger partial charge in [-0.1, -0.05) is 0 Å². The molecule has 3 nitrogen and oxygen atoms in total. The number of carbonyl (C=O) groups is 1. The molecule has 2 fully saturated rings. The third-order valence-corrected chi connectivity index (χ3v) is 2.03. The van der Waals surface area contributed by atoms with Crippen molar-refractivity contribution in [2.24, 2.45) is 11.8 Å². The minimum absolute atomic E-state index is 0.159. The number of hydrogen-bond donors (Lipinski definition) is 0. The maximum atomic E-state index is 11.0. The Morgan fingerprint density at radius 1 is 1.78 bits per heavy atom. The summed E-state index contributed by atoms with van der Waals surface area (Å²) in [7, 11) is 1.68. The minimum atomic E-state index is 0.159. The first-order valence-electron chi connectivity index (χ1n) is 3.19. The zero-order valence-electron chi connectivity index (χ0n) is 5.33. The van der Waals surface area contributed by atoms with Gasteiger partial charge in [-0.2, -0.15) is 0 Å². The van der Waals surface area contributed by atoms with E-state index in [2.05, 4.69) is 0 Å². The van der Waals surface area contributed by atoms with Gasteiger partial charge in [0.25, 0.3) is 0 Å². The largest absolute Gasteiger partial charge is 0.272 e. The molecule has 0 aromatic rings. The summed E-state index contributed by atoms with van der Waals surface area (Å²) in [6, 6.07) is 0. The van der Waals surface area contributed by atoms with Crippen LogP contribution in [-0.4, -0.2) is 24.6 Å². The number of carbonyl (C=O) groups excluding carboxylic acids is 1. The summed E-state index contributed by atoms with van der Waals surface area (Å²) in [4.78, 5) is 16.0. The van der Waals surface area contributed by atoms with E-state index < -0.39 is 0 Å². The average Bonchev–Trinajstić information content (AvgIpc) is 2.58. The second-order valence-corrected chi connectivity index (χ2v) is 2.73. The van der Waals surface area contributed by atoms with Gasteiger partial charge in [-0.15, -0.1) is 0 Å². The fourth-order valence-electron chi connectivity index (χ4n) is 1.24. The standard InChI is InChI=1S/C6H9NO2/c1-7-6(8)5-2-4(5)3-9-7/h4-5H,2-3H2,1H3. The van der Waals surface area contributed by atoms with E-state index in [4.69, 9.17) is 4.84 Å². The number of amides is 1. The molecule has 50 valence electrons. The fourth-order valence-corrected chi connectivity index (χ4v) is 1.24. The number of hydrogen-bond acceptors (Lipinski definition) is 2. The van der Waals surface area contributed by atoms with Gasteiger partial charge in [0, 0.05) is 13.0 Å². The van der Waals surface area contributed by atoms with Gasteiger partial charge in [-0.25, -0.2) is 5.06 Å². The van der Waals surface area contributed by atoms with E-state index in [9.17, 15) is 4.79 Å². The van der Waals surface area contributed by atoms with Gasteiger partial charge < -0.3 is 0 Å². The predicted molar refractivity (Wildman–Crippen MR) is 30.3 cm³/mol. The van der Waals surface area contributed by atoms with E-state index in [0.717, 1.165) is 13.0 Å². The van der Waals surface area contributed by atoms with Crippen LogP contribution in [0.5, 0.6) is 0 Å². The minimum Gasteiger partial charge on any atom is -0.272 e. The Balaban J connectivity index is 2.10. The lowest BCUT2D eigenvalue weighted by atomic mass is 10.3. The van der Waals surface area contributed by atoms with Crippen LogP contribution >= 0.6 is 0 Å². The molecule has 0 aromatic heterocycles. The van der Waals surface area contributed by atoms with Crippen LogP contribution in [-0.2, 0) is 9.63 Å². The van der Waals surface area contributed by atoms with E-state index in [1.807, 2.05) is 0 Å². The second kappa shape index (κ2) is 1.48. The molecule has 1 aliphatic carbocycles. The van der Waals surface area contributed by atoms with Crippen molar-refractivity contribution in [3.63, 3.8) is 0 Å². The maximum Gasteiger partial charge on any atom is 0.249 e. The molecule has 0 aromatic carbocycles. The Morgan fingerprint density at radius 3 is 3.22 bits per heavy atom. The van der Waals surface area contributed by atoms with Gasteiger partial charge >= 0.3 is 0 Å². The van der Waals surface area contributed by atoms with Crippen molar-refractivity contribution in [3.05, 3.63) is 0 Å². The van der Waals surface area contributed by atoms with E-state index in [0.29, 0.717) is 11.8 Å². The fraction of sp³-hybridized carbons (Fsp3) is 0.833. The molecule has 0 radical (unpaired) electrons. The molecule has 2 rings (SSSR count). The summed E-state index contributed by atoms with van der Waals surface area (Å²) in [5.41, 5.74) is 0. The molecule has 0 N–H and O–H groups in total. The van der Waals surface area contributed by atoms with Crippen molar-refractivity contribution in [1.29, 1.82) is 0 Å². The molecule has 9 heavy (non-hydrogen) atoms. The summed E-state index contributed by atoms with van der Waals surface area (Å²) < 4.78 is 0. The van der Waals surface area contributed by atoms with Crippen molar-refractivity contribution in [2.45, 2.75) is 6.42 Å². The summed E-state index contributed by atoms with van der Waals surface area (Å²) in [5, 5.41) is 1.36. The highest BCUT2D eigenvalue weighted by atomic mass is 16.7. The smallest absolute Gasteiger partial charge is 0.249 e. The summed E-state index contributed by atoms with van der Waals surface area (Å²) >= 11 is 0. The lowest BCUT2D eigenvalue weighted by Crippen LogP contribution is -2.33. The van der Waals surface area contributed by atoms with Crippen LogP contribution in [0.3, 0.4) is 0 Å². The van der Waals surface area contributed by atoms with Crippen molar-refractivity contribution in [2.75, 3.05) is 13.7 Å². The number of hydroxylamine groups is 2. The summed E-state index contributed by atoms with van der Waals surface area (Å²) in [6.45, 7) is 0.743. The topological polar surface area (TPSA) is 29.5 Å². The average molecular weight is 127 g/mol. The van der Waals surface area contributed by atoms with Crippen LogP contribution in [0.15, 0.2) is 0 Å². The van der Waals surface area contributed by atoms with E-state index in [-0.39, 0.29) is 5.91 Å². The van der Waals surface area contributed by atoms with Gasteiger partial charge in [0.2, 0.25) is 5.91 Å². The molecular formula is C6H9NO2. The van der Waals surface area contributed by atoms with Crippen molar-refractivity contribution in [1.82, 2.24) is 5.06 Å². The van der Waals surface area contributed by atoms with Gasteiger partial charge in [0.05, 0.1) is 6.61 Å². The molecule has 0 spiro atoms. The Morgan fingerprint density at radius 2 is 2.56 bits per heavy atom. The monoisotopic (exact) mass is 127 g/mol. The van der Waals surface area contributed by atoms with Gasteiger partial charge in [-0.3, -0.25) is 9.63 Å². The highest BCUT2D eigenvalue weighted by molar-refractivity contribution is 5.81. The summed E-state index contributed by atoms with van der Waals surface area (Å²) in [6.07, 6.45) is 1.04. The summed E-state index contributed by atoms with van der Waals surface area (Å²) in [5.74, 6) is 1.02. The Bertz CT molecular complexity index is 153.